The lowest BCUT2D eigenvalue weighted by atomic mass is 10.1. The summed E-state index contributed by atoms with van der Waals surface area (Å²) in [5, 5.41) is 8.93. The van der Waals surface area contributed by atoms with Gasteiger partial charge in [0.15, 0.2) is 0 Å². The first-order chi connectivity index (χ1) is 6.90. The molecule has 14 heavy (non-hydrogen) atoms. The molecule has 2 rings (SSSR count). The van der Waals surface area contributed by atoms with E-state index in [-0.39, 0.29) is 0 Å². The highest BCUT2D eigenvalue weighted by molar-refractivity contribution is 5.36. The smallest absolute Gasteiger partial charge is 0.104 e. The summed E-state index contributed by atoms with van der Waals surface area (Å²) in [7, 11) is 0. The highest BCUT2D eigenvalue weighted by Gasteiger charge is 2.16. The van der Waals surface area contributed by atoms with E-state index in [0.717, 1.165) is 12.1 Å². The van der Waals surface area contributed by atoms with E-state index in [1.54, 1.807) is 4.90 Å². The Morgan fingerprint density at radius 2 is 1.93 bits per heavy atom. The zero-order valence-corrected chi connectivity index (χ0v) is 8.29. The van der Waals surface area contributed by atoms with Crippen LogP contribution in [0.2, 0.25) is 0 Å². The van der Waals surface area contributed by atoms with Crippen LogP contribution in [0, 0.1) is 11.3 Å². The second-order valence-corrected chi connectivity index (χ2v) is 3.90. The molecule has 1 aliphatic heterocycles. The number of nitrogens with zero attached hydrogens (tertiary/aromatic N) is 1. The fourth-order valence-electron chi connectivity index (χ4n) is 2.10. The van der Waals surface area contributed by atoms with Crippen molar-refractivity contribution in [3.8, 4) is 6.07 Å². The predicted molar refractivity (Wildman–Crippen MR) is 54.8 cm³/mol. The van der Waals surface area contributed by atoms with Crippen LogP contribution in [0.25, 0.3) is 0 Å². The molecule has 0 aliphatic carbocycles. The van der Waals surface area contributed by atoms with Gasteiger partial charge in [-0.05, 0) is 6.07 Å². The third kappa shape index (κ3) is 1.94. The monoisotopic (exact) mass is 187 g/mol. The van der Waals surface area contributed by atoms with E-state index in [0.29, 0.717) is 0 Å². The maximum Gasteiger partial charge on any atom is 0.104 e. The third-order valence-electron chi connectivity index (χ3n) is 2.89. The molecule has 1 aromatic rings. The Morgan fingerprint density at radius 3 is 2.64 bits per heavy atom. The number of rotatable bonds is 2. The van der Waals surface area contributed by atoms with E-state index < -0.39 is 0 Å². The molecule has 0 unspecified atom stereocenters. The van der Waals surface area contributed by atoms with Gasteiger partial charge >= 0.3 is 0 Å². The van der Waals surface area contributed by atoms with E-state index in [9.17, 15) is 0 Å². The van der Waals surface area contributed by atoms with Gasteiger partial charge < -0.3 is 4.90 Å². The second kappa shape index (κ2) is 4.26. The minimum atomic E-state index is 0.840. The fraction of sp³-hybridized carbons (Fsp3) is 0.417. The van der Waals surface area contributed by atoms with Gasteiger partial charge in [-0.25, -0.2) is 0 Å². The number of benzene rings is 1. The minimum absolute atomic E-state index is 0.840. The van der Waals surface area contributed by atoms with Gasteiger partial charge in [-0.1, -0.05) is 18.2 Å². The summed E-state index contributed by atoms with van der Waals surface area (Å²) in [4.78, 5) is 1.62. The first-order valence-electron chi connectivity index (χ1n) is 5.22. The molecule has 2 nitrogen and oxygen atoms in total. The van der Waals surface area contributed by atoms with Crippen LogP contribution >= 0.6 is 0 Å². The van der Waals surface area contributed by atoms with Crippen LogP contribution in [0.5, 0.6) is 0 Å². The normalized spacial score (nSPS) is 16.8. The molecule has 1 saturated heterocycles. The van der Waals surface area contributed by atoms with Gasteiger partial charge in [0.25, 0.3) is 0 Å². The molecule has 0 saturated carbocycles. The topological polar surface area (TPSA) is 28.2 Å². The van der Waals surface area contributed by atoms with Crippen LogP contribution in [0.1, 0.15) is 24.0 Å². The molecule has 0 radical (unpaired) electrons. The van der Waals surface area contributed by atoms with E-state index in [4.69, 9.17) is 5.26 Å². The quantitative estimate of drug-likeness (QED) is 0.726. The van der Waals surface area contributed by atoms with Crippen LogP contribution < -0.4 is 4.90 Å². The summed E-state index contributed by atoms with van der Waals surface area (Å²) in [6.07, 6.45) is 2.67. The average molecular weight is 187 g/mol. The third-order valence-corrected chi connectivity index (χ3v) is 2.89. The van der Waals surface area contributed by atoms with Crippen LogP contribution in [0.15, 0.2) is 24.3 Å². The summed E-state index contributed by atoms with van der Waals surface area (Å²) < 4.78 is 0. The van der Waals surface area contributed by atoms with Crippen LogP contribution in [-0.4, -0.2) is 13.1 Å². The number of hydrogen-bond donors (Lipinski definition) is 1. The van der Waals surface area contributed by atoms with Crippen molar-refractivity contribution in [3.05, 3.63) is 35.4 Å². The molecule has 0 bridgehead atoms. The number of quaternary nitrogens is 1. The molecule has 0 aromatic heterocycles. The minimum Gasteiger partial charge on any atom is -0.331 e. The van der Waals surface area contributed by atoms with Crippen molar-refractivity contribution in [2.24, 2.45) is 0 Å². The standard InChI is InChI=1S/C12H14N2/c13-9-11-5-1-2-6-12(11)10-14-7-3-4-8-14/h1-2,5-6H,3-4,7-8,10H2/p+1. The molecule has 1 fully saturated rings. The zero-order valence-electron chi connectivity index (χ0n) is 8.29. The Kier molecular flexibility index (Phi) is 2.81. The largest absolute Gasteiger partial charge is 0.331 e. The highest BCUT2D eigenvalue weighted by Crippen LogP contribution is 2.05. The number of hydrogen-bond acceptors (Lipinski definition) is 1. The maximum atomic E-state index is 8.93. The number of nitriles is 1. The number of likely N-dealkylation sites (tertiary alicyclic amines) is 1. The van der Waals surface area contributed by atoms with Gasteiger partial charge in [0, 0.05) is 18.4 Å². The Bertz CT molecular complexity index is 346. The summed E-state index contributed by atoms with van der Waals surface area (Å²) >= 11 is 0. The average Bonchev–Trinajstić information content (AvgIpc) is 2.71. The molecule has 72 valence electrons. The van der Waals surface area contributed by atoms with E-state index in [2.05, 4.69) is 12.1 Å². The number of nitrogens with one attached hydrogen (secondary N) is 1. The first-order valence-corrected chi connectivity index (χ1v) is 5.22. The van der Waals surface area contributed by atoms with Gasteiger partial charge in [-0.15, -0.1) is 0 Å². The molecule has 0 amide bonds. The first kappa shape index (κ1) is 9.23. The SMILES string of the molecule is N#Cc1ccccc1C[NH+]1CCCC1. The molecule has 1 N–H and O–H groups in total. The van der Waals surface area contributed by atoms with Gasteiger partial charge in [0.05, 0.1) is 24.7 Å². The molecular weight excluding hydrogens is 172 g/mol. The van der Waals surface area contributed by atoms with Crippen molar-refractivity contribution in [1.82, 2.24) is 0 Å². The summed E-state index contributed by atoms with van der Waals surface area (Å²) in [6, 6.07) is 10.2. The van der Waals surface area contributed by atoms with Gasteiger partial charge in [0.1, 0.15) is 6.54 Å². The Morgan fingerprint density at radius 1 is 1.21 bits per heavy atom. The van der Waals surface area contributed by atoms with Gasteiger partial charge in [-0.3, -0.25) is 0 Å². The highest BCUT2D eigenvalue weighted by atomic mass is 15.1. The van der Waals surface area contributed by atoms with Crippen molar-refractivity contribution >= 4 is 0 Å². The van der Waals surface area contributed by atoms with Crippen molar-refractivity contribution in [3.63, 3.8) is 0 Å². The van der Waals surface area contributed by atoms with Crippen LogP contribution in [-0.2, 0) is 6.54 Å². The maximum absolute atomic E-state index is 8.93. The lowest BCUT2D eigenvalue weighted by Gasteiger charge is -2.12. The Labute approximate surface area is 84.8 Å². The van der Waals surface area contributed by atoms with Gasteiger partial charge in [-0.2, -0.15) is 5.26 Å². The van der Waals surface area contributed by atoms with E-state index in [1.165, 1.54) is 31.5 Å². The van der Waals surface area contributed by atoms with Crippen molar-refractivity contribution in [2.45, 2.75) is 19.4 Å². The molecule has 1 heterocycles. The molecule has 0 atom stereocenters. The lowest BCUT2D eigenvalue weighted by molar-refractivity contribution is -0.901. The molecule has 0 spiro atoms. The summed E-state index contributed by atoms with van der Waals surface area (Å²) in [6.45, 7) is 3.54. The Balaban J connectivity index is 2.11. The Hall–Kier alpha value is -1.33. The van der Waals surface area contributed by atoms with E-state index in [1.807, 2.05) is 18.2 Å². The van der Waals surface area contributed by atoms with Crippen molar-refractivity contribution in [1.29, 1.82) is 5.26 Å². The van der Waals surface area contributed by atoms with Crippen molar-refractivity contribution < 1.29 is 4.90 Å². The zero-order chi connectivity index (χ0) is 9.80. The molecular formula is C12H15N2+. The second-order valence-electron chi connectivity index (χ2n) is 3.90. The van der Waals surface area contributed by atoms with Crippen molar-refractivity contribution in [2.75, 3.05) is 13.1 Å². The molecule has 1 aromatic carbocycles. The lowest BCUT2D eigenvalue weighted by Crippen LogP contribution is -3.08. The molecule has 2 heteroatoms. The fourth-order valence-corrected chi connectivity index (χ4v) is 2.10. The van der Waals surface area contributed by atoms with E-state index >= 15 is 0 Å². The van der Waals surface area contributed by atoms with Gasteiger partial charge in [0.2, 0.25) is 0 Å². The molecule has 1 aliphatic rings. The van der Waals surface area contributed by atoms with Crippen LogP contribution in [0.3, 0.4) is 0 Å². The predicted octanol–water partition coefficient (Wildman–Crippen LogP) is 0.737. The summed E-state index contributed by atoms with van der Waals surface area (Å²) in [5.41, 5.74) is 2.04. The van der Waals surface area contributed by atoms with Crippen LogP contribution in [0.4, 0.5) is 0 Å². The summed E-state index contributed by atoms with van der Waals surface area (Å²) in [5.74, 6) is 0.